The summed E-state index contributed by atoms with van der Waals surface area (Å²) in [5.74, 6) is 1.06. The van der Waals surface area contributed by atoms with Gasteiger partial charge in [-0.1, -0.05) is 12.1 Å². The maximum Gasteiger partial charge on any atom is 0.338 e. The van der Waals surface area contributed by atoms with Gasteiger partial charge in [-0.3, -0.25) is 4.79 Å². The Morgan fingerprint density at radius 2 is 1.69 bits per heavy atom. The number of benzene rings is 2. The number of nitrogens with one attached hydrogen (secondary N) is 1. The van der Waals surface area contributed by atoms with Gasteiger partial charge in [0.05, 0.1) is 25.5 Å². The molecule has 0 aliphatic carbocycles. The number of hydrogen-bond donors (Lipinski definition) is 1. The molecule has 29 heavy (non-hydrogen) atoms. The molecule has 0 saturated carbocycles. The zero-order valence-corrected chi connectivity index (χ0v) is 16.0. The molecule has 0 fully saturated rings. The van der Waals surface area contributed by atoms with E-state index in [0.717, 1.165) is 5.56 Å². The van der Waals surface area contributed by atoms with Crippen molar-refractivity contribution in [1.82, 2.24) is 5.43 Å². The molecule has 0 saturated heterocycles. The van der Waals surface area contributed by atoms with Gasteiger partial charge >= 0.3 is 5.97 Å². The van der Waals surface area contributed by atoms with Crippen LogP contribution in [-0.4, -0.2) is 31.8 Å². The summed E-state index contributed by atoms with van der Waals surface area (Å²) in [5.41, 5.74) is 4.19. The number of ether oxygens (including phenoxy) is 2. The molecule has 0 atom stereocenters. The zero-order chi connectivity index (χ0) is 20.6. The first-order chi connectivity index (χ1) is 14.1. The van der Waals surface area contributed by atoms with E-state index in [1.807, 2.05) is 0 Å². The number of rotatable bonds is 7. The Balaban J connectivity index is 1.60. The Hall–Kier alpha value is -3.87. The smallest absolute Gasteiger partial charge is 0.338 e. The van der Waals surface area contributed by atoms with Crippen molar-refractivity contribution in [1.29, 1.82) is 0 Å². The highest BCUT2D eigenvalue weighted by Crippen LogP contribution is 2.22. The monoisotopic (exact) mass is 392 g/mol. The minimum Gasteiger partial charge on any atom is -0.497 e. The average Bonchev–Trinajstić information content (AvgIpc) is 3.23. The van der Waals surface area contributed by atoms with Crippen LogP contribution in [0.1, 0.15) is 33.4 Å². The molecule has 7 heteroatoms. The van der Waals surface area contributed by atoms with E-state index in [1.165, 1.54) is 6.21 Å². The highest BCUT2D eigenvalue weighted by molar-refractivity contribution is 5.94. The van der Waals surface area contributed by atoms with E-state index in [1.54, 1.807) is 74.7 Å². The summed E-state index contributed by atoms with van der Waals surface area (Å²) >= 11 is 0. The summed E-state index contributed by atoms with van der Waals surface area (Å²) in [4.78, 5) is 23.8. The first kappa shape index (κ1) is 19.9. The van der Waals surface area contributed by atoms with E-state index < -0.39 is 0 Å². The lowest BCUT2D eigenvalue weighted by Crippen LogP contribution is -2.17. The predicted molar refractivity (Wildman–Crippen MR) is 108 cm³/mol. The van der Waals surface area contributed by atoms with Crippen molar-refractivity contribution >= 4 is 18.1 Å². The molecule has 0 bridgehead atoms. The van der Waals surface area contributed by atoms with Crippen LogP contribution in [0.2, 0.25) is 0 Å². The number of amides is 1. The Labute approximate surface area is 167 Å². The number of hydrogen-bond acceptors (Lipinski definition) is 6. The van der Waals surface area contributed by atoms with Crippen LogP contribution in [0.5, 0.6) is 5.75 Å². The first-order valence-corrected chi connectivity index (χ1v) is 8.95. The molecule has 3 rings (SSSR count). The summed E-state index contributed by atoms with van der Waals surface area (Å²) in [6.07, 6.45) is 1.41. The summed E-state index contributed by atoms with van der Waals surface area (Å²) in [7, 11) is 1.56. The standard InChI is InChI=1S/C22H20N2O5/c1-3-28-22(26)17-6-4-15(5-7-17)20-13-12-19(29-20)14-23-24-21(25)16-8-10-18(27-2)11-9-16/h4-14H,3H2,1-2H3,(H,24,25)/b23-14-. The summed E-state index contributed by atoms with van der Waals surface area (Å²) in [5, 5.41) is 3.91. The second kappa shape index (κ2) is 9.36. The van der Waals surface area contributed by atoms with Crippen molar-refractivity contribution in [3.05, 3.63) is 77.6 Å². The summed E-state index contributed by atoms with van der Waals surface area (Å²) in [6, 6.07) is 17.1. The van der Waals surface area contributed by atoms with Crippen LogP contribution >= 0.6 is 0 Å². The fourth-order valence-electron chi connectivity index (χ4n) is 2.52. The van der Waals surface area contributed by atoms with E-state index in [0.29, 0.717) is 35.0 Å². The zero-order valence-electron chi connectivity index (χ0n) is 16.0. The Morgan fingerprint density at radius 3 is 2.34 bits per heavy atom. The third-order valence-corrected chi connectivity index (χ3v) is 4.02. The quantitative estimate of drug-likeness (QED) is 0.374. The summed E-state index contributed by atoms with van der Waals surface area (Å²) in [6.45, 7) is 2.09. The largest absolute Gasteiger partial charge is 0.497 e. The van der Waals surface area contributed by atoms with Gasteiger partial charge in [-0.25, -0.2) is 10.2 Å². The van der Waals surface area contributed by atoms with Crippen LogP contribution in [0.15, 0.2) is 70.2 Å². The van der Waals surface area contributed by atoms with Gasteiger partial charge in [0.25, 0.3) is 5.91 Å². The predicted octanol–water partition coefficient (Wildman–Crippen LogP) is 3.90. The van der Waals surface area contributed by atoms with Crippen LogP contribution in [0.3, 0.4) is 0 Å². The van der Waals surface area contributed by atoms with E-state index >= 15 is 0 Å². The molecule has 148 valence electrons. The Morgan fingerprint density at radius 1 is 1.00 bits per heavy atom. The molecule has 0 unspecified atom stereocenters. The highest BCUT2D eigenvalue weighted by atomic mass is 16.5. The molecule has 1 N–H and O–H groups in total. The SMILES string of the molecule is CCOC(=O)c1ccc(-c2ccc(/C=N\NC(=O)c3ccc(OC)cc3)o2)cc1. The minimum absolute atomic E-state index is 0.330. The number of nitrogens with zero attached hydrogens (tertiary/aromatic N) is 1. The number of furan rings is 1. The second-order valence-corrected chi connectivity index (χ2v) is 5.93. The summed E-state index contributed by atoms with van der Waals surface area (Å²) < 4.78 is 15.7. The second-order valence-electron chi connectivity index (χ2n) is 5.93. The molecule has 7 nitrogen and oxygen atoms in total. The van der Waals surface area contributed by atoms with Gasteiger partial charge in [0.15, 0.2) is 0 Å². The van der Waals surface area contributed by atoms with Crippen molar-refractivity contribution in [3.8, 4) is 17.1 Å². The molecule has 1 aromatic heterocycles. The highest BCUT2D eigenvalue weighted by Gasteiger charge is 2.09. The first-order valence-electron chi connectivity index (χ1n) is 8.95. The van der Waals surface area contributed by atoms with E-state index in [-0.39, 0.29) is 11.9 Å². The Kier molecular flexibility index (Phi) is 6.42. The average molecular weight is 392 g/mol. The minimum atomic E-state index is -0.362. The maximum absolute atomic E-state index is 12.1. The van der Waals surface area contributed by atoms with Gasteiger partial charge in [0.2, 0.25) is 0 Å². The molecule has 0 aliphatic heterocycles. The van der Waals surface area contributed by atoms with Gasteiger partial charge in [-0.2, -0.15) is 5.10 Å². The Bertz CT molecular complexity index is 1000. The topological polar surface area (TPSA) is 90.1 Å². The van der Waals surface area contributed by atoms with Crippen LogP contribution in [0.4, 0.5) is 0 Å². The number of esters is 1. The molecular weight excluding hydrogens is 372 g/mol. The fourth-order valence-corrected chi connectivity index (χ4v) is 2.52. The molecular formula is C22H20N2O5. The normalized spacial score (nSPS) is 10.7. The van der Waals surface area contributed by atoms with Crippen molar-refractivity contribution < 1.29 is 23.5 Å². The number of carbonyl (C=O) groups excluding carboxylic acids is 2. The number of hydrazone groups is 1. The molecule has 1 amide bonds. The van der Waals surface area contributed by atoms with Gasteiger partial charge in [0, 0.05) is 11.1 Å². The van der Waals surface area contributed by atoms with Gasteiger partial charge in [-0.15, -0.1) is 0 Å². The van der Waals surface area contributed by atoms with E-state index in [2.05, 4.69) is 10.5 Å². The van der Waals surface area contributed by atoms with Crippen LogP contribution < -0.4 is 10.2 Å². The van der Waals surface area contributed by atoms with E-state index in [4.69, 9.17) is 13.9 Å². The fraction of sp³-hybridized carbons (Fsp3) is 0.136. The third kappa shape index (κ3) is 5.10. The molecule has 0 aliphatic rings. The lowest BCUT2D eigenvalue weighted by atomic mass is 10.1. The number of methoxy groups -OCH3 is 1. The van der Waals surface area contributed by atoms with E-state index in [9.17, 15) is 9.59 Å². The van der Waals surface area contributed by atoms with Crippen molar-refractivity contribution in [2.75, 3.05) is 13.7 Å². The van der Waals surface area contributed by atoms with Crippen LogP contribution in [0.25, 0.3) is 11.3 Å². The number of carbonyl (C=O) groups is 2. The van der Waals surface area contributed by atoms with Crippen molar-refractivity contribution in [2.45, 2.75) is 6.92 Å². The molecule has 3 aromatic rings. The van der Waals surface area contributed by atoms with Gasteiger partial charge < -0.3 is 13.9 Å². The lowest BCUT2D eigenvalue weighted by molar-refractivity contribution is 0.0526. The molecule has 0 radical (unpaired) electrons. The van der Waals surface area contributed by atoms with Crippen molar-refractivity contribution in [2.24, 2.45) is 5.10 Å². The molecule has 1 heterocycles. The third-order valence-electron chi connectivity index (χ3n) is 4.02. The van der Waals surface area contributed by atoms with Gasteiger partial charge in [-0.05, 0) is 55.5 Å². The molecule has 0 spiro atoms. The van der Waals surface area contributed by atoms with Gasteiger partial charge in [0.1, 0.15) is 17.3 Å². The lowest BCUT2D eigenvalue weighted by Gasteiger charge is -2.02. The van der Waals surface area contributed by atoms with Crippen LogP contribution in [0, 0.1) is 0 Å². The van der Waals surface area contributed by atoms with Crippen LogP contribution in [-0.2, 0) is 4.74 Å². The molecule has 2 aromatic carbocycles. The maximum atomic E-state index is 12.1. The van der Waals surface area contributed by atoms with Crippen molar-refractivity contribution in [3.63, 3.8) is 0 Å².